The number of aromatic nitrogens is 1. The van der Waals surface area contributed by atoms with Crippen LogP contribution in [0.25, 0.3) is 0 Å². The molecule has 0 unspecified atom stereocenters. The number of hydrogen-bond donors (Lipinski definition) is 1. The van der Waals surface area contributed by atoms with E-state index in [1.54, 1.807) is 0 Å². The van der Waals surface area contributed by atoms with Crippen molar-refractivity contribution in [3.63, 3.8) is 0 Å². The molecule has 0 aliphatic carbocycles. The first-order chi connectivity index (χ1) is 16.0. The third-order valence-corrected chi connectivity index (χ3v) is 4.83. The van der Waals surface area contributed by atoms with Crippen molar-refractivity contribution in [2.75, 3.05) is 26.9 Å². The zero-order valence-corrected chi connectivity index (χ0v) is 20.2. The lowest BCUT2D eigenvalue weighted by Gasteiger charge is -2.11. The minimum Gasteiger partial charge on any atom is -0.491 e. The number of esters is 2. The molecule has 0 aliphatic heterocycles. The fraction of sp³-hybridized carbons (Fsp3) is 0.667. The lowest BCUT2D eigenvalue weighted by molar-refractivity contribution is -0.142. The van der Waals surface area contributed by atoms with Crippen LogP contribution < -0.4 is 14.8 Å². The number of pyridine rings is 1. The maximum absolute atomic E-state index is 12.2. The molecule has 1 amide bonds. The van der Waals surface area contributed by atoms with E-state index < -0.39 is 18.0 Å². The molecule has 9 heteroatoms. The third kappa shape index (κ3) is 12.7. The lowest BCUT2D eigenvalue weighted by Crippen LogP contribution is -2.33. The van der Waals surface area contributed by atoms with Crippen molar-refractivity contribution in [3.8, 4) is 11.6 Å². The average molecular weight is 467 g/mol. The molecule has 0 aliphatic rings. The molecule has 1 aromatic rings. The third-order valence-electron chi connectivity index (χ3n) is 4.83. The summed E-state index contributed by atoms with van der Waals surface area (Å²) in [5.74, 6) is -1.10. The zero-order chi connectivity index (χ0) is 24.3. The van der Waals surface area contributed by atoms with E-state index in [1.807, 2.05) is 0 Å². The molecule has 33 heavy (non-hydrogen) atoms. The Bertz CT molecular complexity index is 725. The summed E-state index contributed by atoms with van der Waals surface area (Å²) >= 11 is 0. The summed E-state index contributed by atoms with van der Waals surface area (Å²) in [7, 11) is 1.36. The van der Waals surface area contributed by atoms with E-state index in [4.69, 9.17) is 18.9 Å². The normalized spacial score (nSPS) is 10.4. The first-order valence-electron chi connectivity index (χ1n) is 11.8. The highest BCUT2D eigenvalue weighted by molar-refractivity contribution is 5.89. The Labute approximate surface area is 196 Å². The van der Waals surface area contributed by atoms with E-state index in [0.29, 0.717) is 13.2 Å². The Morgan fingerprint density at radius 1 is 0.879 bits per heavy atom. The van der Waals surface area contributed by atoms with Crippen molar-refractivity contribution in [2.24, 2.45) is 0 Å². The minimum absolute atomic E-state index is 0.0951. The van der Waals surface area contributed by atoms with Gasteiger partial charge in [-0.15, -0.1) is 0 Å². The van der Waals surface area contributed by atoms with Gasteiger partial charge < -0.3 is 24.3 Å². The molecule has 0 bridgehead atoms. The van der Waals surface area contributed by atoms with Crippen molar-refractivity contribution in [3.05, 3.63) is 17.8 Å². The number of methoxy groups -OCH3 is 1. The Kier molecular flexibility index (Phi) is 15.1. The summed E-state index contributed by atoms with van der Waals surface area (Å²) < 4.78 is 20.5. The van der Waals surface area contributed by atoms with Crippen molar-refractivity contribution in [1.29, 1.82) is 0 Å². The SMILES string of the molecule is CCCCCCCCOC(=O)c1cnc(OC(=O)NCC(=O)OCCCCCC)c(OC)c1. The van der Waals surface area contributed by atoms with Gasteiger partial charge >= 0.3 is 18.0 Å². The molecule has 1 heterocycles. The predicted octanol–water partition coefficient (Wildman–Crippen LogP) is 4.82. The van der Waals surface area contributed by atoms with Gasteiger partial charge in [-0.25, -0.2) is 14.6 Å². The minimum atomic E-state index is -0.887. The molecular weight excluding hydrogens is 428 g/mol. The number of carbonyl (C=O) groups excluding carboxylic acids is 3. The quantitative estimate of drug-likeness (QED) is 0.257. The highest BCUT2D eigenvalue weighted by Gasteiger charge is 2.17. The number of hydrogen-bond acceptors (Lipinski definition) is 8. The second-order valence-corrected chi connectivity index (χ2v) is 7.66. The smallest absolute Gasteiger partial charge is 0.414 e. The van der Waals surface area contributed by atoms with Crippen LogP contribution in [0.1, 0.15) is 88.4 Å². The fourth-order valence-electron chi connectivity index (χ4n) is 2.93. The summed E-state index contributed by atoms with van der Waals surface area (Å²) in [4.78, 5) is 39.8. The van der Waals surface area contributed by atoms with Crippen molar-refractivity contribution >= 4 is 18.0 Å². The second-order valence-electron chi connectivity index (χ2n) is 7.66. The standard InChI is InChI=1S/C24H38N2O7/c1-4-6-8-10-11-13-15-32-23(28)19-16-20(30-3)22(25-17-19)33-24(29)26-18-21(27)31-14-12-9-7-5-2/h16-17H,4-15,18H2,1-3H3,(H,26,29). The van der Waals surface area contributed by atoms with Gasteiger partial charge in [0.25, 0.3) is 5.88 Å². The topological polar surface area (TPSA) is 113 Å². The number of unbranched alkanes of at least 4 members (excludes halogenated alkanes) is 8. The first-order valence-corrected chi connectivity index (χ1v) is 11.8. The molecule has 0 saturated carbocycles. The molecule has 9 nitrogen and oxygen atoms in total. The Balaban J connectivity index is 2.41. The predicted molar refractivity (Wildman–Crippen MR) is 124 cm³/mol. The molecule has 1 aromatic heterocycles. The molecule has 0 spiro atoms. The van der Waals surface area contributed by atoms with Gasteiger partial charge in [-0.3, -0.25) is 4.79 Å². The number of nitrogens with one attached hydrogen (secondary N) is 1. The van der Waals surface area contributed by atoms with Gasteiger partial charge in [-0.2, -0.15) is 0 Å². The Morgan fingerprint density at radius 2 is 1.48 bits per heavy atom. The molecule has 186 valence electrons. The average Bonchev–Trinajstić information content (AvgIpc) is 2.82. The van der Waals surface area contributed by atoms with Gasteiger partial charge in [0, 0.05) is 12.3 Å². The van der Waals surface area contributed by atoms with Gasteiger partial charge in [-0.05, 0) is 12.8 Å². The number of carbonyl (C=O) groups is 3. The zero-order valence-electron chi connectivity index (χ0n) is 20.2. The van der Waals surface area contributed by atoms with Crippen LogP contribution in [-0.2, 0) is 14.3 Å². The molecule has 1 rings (SSSR count). The first kappa shape index (κ1) is 28.2. The highest BCUT2D eigenvalue weighted by Crippen LogP contribution is 2.25. The largest absolute Gasteiger partial charge is 0.491 e. The van der Waals surface area contributed by atoms with Crippen LogP contribution in [0, 0.1) is 0 Å². The lowest BCUT2D eigenvalue weighted by atomic mass is 10.1. The molecular formula is C24H38N2O7. The molecule has 1 N–H and O–H groups in total. The van der Waals surface area contributed by atoms with Crippen LogP contribution in [0.15, 0.2) is 12.3 Å². The van der Waals surface area contributed by atoms with Gasteiger partial charge in [-0.1, -0.05) is 65.2 Å². The maximum atomic E-state index is 12.2. The van der Waals surface area contributed by atoms with Crippen molar-refractivity contribution in [2.45, 2.75) is 78.1 Å². The fourth-order valence-corrected chi connectivity index (χ4v) is 2.93. The molecule has 0 aromatic carbocycles. The van der Waals surface area contributed by atoms with Crippen LogP contribution in [0.3, 0.4) is 0 Å². The summed E-state index contributed by atoms with van der Waals surface area (Å²) in [6.45, 7) is 4.60. The van der Waals surface area contributed by atoms with E-state index >= 15 is 0 Å². The van der Waals surface area contributed by atoms with E-state index in [0.717, 1.165) is 44.9 Å². The Hall–Kier alpha value is -2.84. The summed E-state index contributed by atoms with van der Waals surface area (Å²) in [6, 6.07) is 1.39. The van der Waals surface area contributed by atoms with Crippen LogP contribution >= 0.6 is 0 Å². The van der Waals surface area contributed by atoms with Crippen LogP contribution in [0.2, 0.25) is 0 Å². The number of rotatable bonds is 17. The van der Waals surface area contributed by atoms with Gasteiger partial charge in [0.1, 0.15) is 6.54 Å². The summed E-state index contributed by atoms with van der Waals surface area (Å²) in [6.07, 6.45) is 10.9. The van der Waals surface area contributed by atoms with Crippen molar-refractivity contribution in [1.82, 2.24) is 10.3 Å². The molecule has 0 fully saturated rings. The van der Waals surface area contributed by atoms with E-state index in [2.05, 4.69) is 24.1 Å². The van der Waals surface area contributed by atoms with E-state index in [1.165, 1.54) is 38.6 Å². The van der Waals surface area contributed by atoms with Crippen molar-refractivity contribution < 1.29 is 33.3 Å². The Morgan fingerprint density at radius 3 is 2.15 bits per heavy atom. The van der Waals surface area contributed by atoms with Crippen LogP contribution in [-0.4, -0.2) is 49.9 Å². The number of nitrogens with zero attached hydrogens (tertiary/aromatic N) is 1. The van der Waals surface area contributed by atoms with E-state index in [9.17, 15) is 14.4 Å². The van der Waals surface area contributed by atoms with Gasteiger partial charge in [0.05, 0.1) is 25.9 Å². The summed E-state index contributed by atoms with van der Waals surface area (Å²) in [5.41, 5.74) is 0.192. The van der Waals surface area contributed by atoms with E-state index in [-0.39, 0.29) is 23.7 Å². The number of amides is 1. The molecule has 0 saturated heterocycles. The molecule has 0 radical (unpaired) electrons. The number of ether oxygens (including phenoxy) is 4. The second kappa shape index (κ2) is 17.7. The van der Waals surface area contributed by atoms with Crippen LogP contribution in [0.4, 0.5) is 4.79 Å². The van der Waals surface area contributed by atoms with Gasteiger partial charge in [0.15, 0.2) is 5.75 Å². The molecule has 0 atom stereocenters. The highest BCUT2D eigenvalue weighted by atomic mass is 16.6. The monoisotopic (exact) mass is 466 g/mol. The van der Waals surface area contributed by atoms with Gasteiger partial charge in [0.2, 0.25) is 0 Å². The summed E-state index contributed by atoms with van der Waals surface area (Å²) in [5, 5.41) is 2.30. The maximum Gasteiger partial charge on any atom is 0.414 e. The van der Waals surface area contributed by atoms with Crippen LogP contribution in [0.5, 0.6) is 11.6 Å².